The third-order valence-corrected chi connectivity index (χ3v) is 12.7. The van der Waals surface area contributed by atoms with Crippen LogP contribution in [0.15, 0.2) is 60.7 Å². The maximum atomic E-state index is 14.7. The van der Waals surface area contributed by atoms with Gasteiger partial charge in [0.25, 0.3) is 0 Å². The van der Waals surface area contributed by atoms with Crippen molar-refractivity contribution in [3.05, 3.63) is 71.8 Å². The molecule has 0 saturated heterocycles. The fourth-order valence-corrected chi connectivity index (χ4v) is 7.48. The van der Waals surface area contributed by atoms with E-state index in [1.165, 1.54) is 0 Å². The second-order valence-electron chi connectivity index (χ2n) is 16.0. The summed E-state index contributed by atoms with van der Waals surface area (Å²) in [4.78, 5) is 0. The van der Waals surface area contributed by atoms with E-state index in [1.807, 2.05) is 0 Å². The lowest BCUT2D eigenvalue weighted by molar-refractivity contribution is -0.440. The molecule has 0 aliphatic carbocycles. The van der Waals surface area contributed by atoms with Crippen molar-refractivity contribution in [2.75, 3.05) is 0 Å². The Balaban J connectivity index is 1.97. The first-order valence-electron chi connectivity index (χ1n) is 19.3. The highest BCUT2D eigenvalue weighted by Gasteiger charge is 2.92. The summed E-state index contributed by atoms with van der Waals surface area (Å²) >= 11 is 0. The minimum absolute atomic E-state index is 0.0122. The summed E-state index contributed by atoms with van der Waals surface area (Å²) in [7, 11) is -14.2. The van der Waals surface area contributed by atoms with Crippen LogP contribution >= 0.6 is 0 Å². The Morgan fingerprint density at radius 2 is 0.577 bits per heavy atom. The first kappa shape index (κ1) is 65.2. The number of alkyl halides is 32. The number of fused-ring (bicyclic) bond motifs is 2. The number of halogens is 32. The molecule has 0 aliphatic rings. The van der Waals surface area contributed by atoms with Gasteiger partial charge in [0, 0.05) is 24.0 Å². The average molecular weight is 1240 g/mol. The summed E-state index contributed by atoms with van der Waals surface area (Å²) in [6.07, 6.45) is -25.3. The van der Waals surface area contributed by atoms with E-state index >= 15 is 0 Å². The van der Waals surface area contributed by atoms with Gasteiger partial charge in [-0.1, -0.05) is 48.5 Å². The molecule has 0 atom stereocenters. The largest absolute Gasteiger partial charge is 0.534 e. The van der Waals surface area contributed by atoms with E-state index in [0.717, 1.165) is 0 Å². The minimum atomic E-state index is -8.33. The second kappa shape index (κ2) is 19.2. The van der Waals surface area contributed by atoms with Crippen molar-refractivity contribution in [1.29, 1.82) is 0 Å². The van der Waals surface area contributed by atoms with E-state index in [4.69, 9.17) is 0 Å². The number of aryl methyl sites for hydroxylation is 2. The summed E-state index contributed by atoms with van der Waals surface area (Å²) < 4.78 is 495. The monoisotopic (exact) mass is 1240 g/mol. The molecule has 4 aromatic rings. The van der Waals surface area contributed by atoms with E-state index < -0.39 is 184 Å². The number of hydrogen-bond acceptors (Lipinski definition) is 6. The quantitative estimate of drug-likeness (QED) is 0.0528. The highest BCUT2D eigenvalue weighted by Crippen LogP contribution is 2.63. The molecule has 40 heteroatoms. The molecule has 0 N–H and O–H groups in total. The van der Waals surface area contributed by atoms with Crippen molar-refractivity contribution in [2.24, 2.45) is 0 Å². The molecule has 0 aromatic heterocycles. The van der Waals surface area contributed by atoms with Crippen molar-refractivity contribution in [3.8, 4) is 22.6 Å². The summed E-state index contributed by atoms with van der Waals surface area (Å²) in [5.41, 5.74) is -18.2. The van der Waals surface area contributed by atoms with Crippen LogP contribution in [0.25, 0.3) is 32.7 Å². The minimum Gasteiger partial charge on any atom is -0.375 e. The molecular weight excluding hydrogens is 1220 g/mol. The van der Waals surface area contributed by atoms with Crippen LogP contribution in [0.1, 0.15) is 24.0 Å². The fourth-order valence-electron chi connectivity index (χ4n) is 6.54. The van der Waals surface area contributed by atoms with Crippen molar-refractivity contribution in [2.45, 2.75) is 108 Å². The van der Waals surface area contributed by atoms with Gasteiger partial charge < -0.3 is 8.37 Å². The zero-order valence-electron chi connectivity index (χ0n) is 36.0. The van der Waals surface area contributed by atoms with Gasteiger partial charge in [-0.15, -0.1) is 0 Å². The Hall–Kier alpha value is -5.34. The van der Waals surface area contributed by atoms with Gasteiger partial charge in [0.05, 0.1) is 0 Å². The molecule has 0 bridgehead atoms. The number of hydrogen-bond donors (Lipinski definition) is 0. The predicted octanol–water partition coefficient (Wildman–Crippen LogP) is 15.5. The first-order valence-corrected chi connectivity index (χ1v) is 22.1. The van der Waals surface area contributed by atoms with Crippen molar-refractivity contribution in [1.82, 2.24) is 0 Å². The van der Waals surface area contributed by atoms with Gasteiger partial charge in [0.1, 0.15) is 0 Å². The molecule has 442 valence electrons. The molecule has 0 spiro atoms. The normalized spacial score (nSPS) is 15.3. The second-order valence-corrected chi connectivity index (χ2v) is 19.0. The lowest BCUT2D eigenvalue weighted by atomic mass is 9.89. The standard InChI is InChI=1S/C38H18F32O6S2/c39-25(40,27(43,44)29(47,48)31(51,52)33(55,56)35(59,60)61)11-9-15-1-5-19-17(13-15)3-7-21(75-77(71,72)37(65,66)67)23(19)24-20-6-2-16(14-18(20)4-8-22(24)76-78(73,74)38(68,69)70)10-12-26(41,42)28(45,46)30(49,50)32(53,54)34(57,58)36(62,63)64/h1-8,13-14H,9-12H2. The van der Waals surface area contributed by atoms with Gasteiger partial charge in [-0.3, -0.25) is 0 Å². The molecule has 0 fully saturated rings. The first-order chi connectivity index (χ1) is 34.3. The third-order valence-electron chi connectivity index (χ3n) is 10.8. The molecule has 0 aliphatic heterocycles. The SMILES string of the molecule is O=S(=O)(Oc1ccc2cc(CCC(F)(F)C(F)(F)C(F)(F)C(F)(F)C(F)(F)C(F)(F)F)ccc2c1-c1c(OS(=O)(=O)C(F)(F)F)ccc2cc(CCC(F)(F)C(F)(F)C(F)(F)C(F)(F)C(F)(F)C(F)(F)F)ccc12)C(F)(F)F. The van der Waals surface area contributed by atoms with Crippen LogP contribution in [0.3, 0.4) is 0 Å². The number of benzene rings is 4. The third kappa shape index (κ3) is 10.5. The van der Waals surface area contributed by atoms with Gasteiger partial charge in [-0.2, -0.15) is 157 Å². The Morgan fingerprint density at radius 1 is 0.321 bits per heavy atom. The van der Waals surface area contributed by atoms with Gasteiger partial charge in [0.15, 0.2) is 11.5 Å². The van der Waals surface area contributed by atoms with E-state index in [9.17, 15) is 157 Å². The molecule has 78 heavy (non-hydrogen) atoms. The Kier molecular flexibility index (Phi) is 16.0. The Morgan fingerprint density at radius 3 is 0.821 bits per heavy atom. The lowest BCUT2D eigenvalue weighted by Crippen LogP contribution is -2.70. The summed E-state index contributed by atoms with van der Waals surface area (Å²) in [6.45, 7) is 0. The zero-order chi connectivity index (χ0) is 61.1. The topological polar surface area (TPSA) is 86.7 Å². The molecule has 0 unspecified atom stereocenters. The van der Waals surface area contributed by atoms with E-state index in [1.54, 1.807) is 0 Å². The number of rotatable bonds is 19. The van der Waals surface area contributed by atoms with E-state index in [-0.39, 0.29) is 48.5 Å². The Labute approximate surface area is 410 Å². The summed E-state index contributed by atoms with van der Waals surface area (Å²) in [6, 6.07) is 2.15. The summed E-state index contributed by atoms with van der Waals surface area (Å²) in [5.74, 6) is -82.3. The van der Waals surface area contributed by atoms with Gasteiger partial charge in [-0.25, -0.2) is 0 Å². The fraction of sp³-hybridized carbons (Fsp3) is 0.474. The van der Waals surface area contributed by atoms with Gasteiger partial charge in [0.2, 0.25) is 0 Å². The van der Waals surface area contributed by atoms with Crippen LogP contribution in [-0.2, 0) is 33.1 Å². The van der Waals surface area contributed by atoms with Crippen molar-refractivity contribution >= 4 is 41.8 Å². The van der Waals surface area contributed by atoms with Crippen LogP contribution in [0.4, 0.5) is 140 Å². The molecular formula is C38H18F32O6S2. The molecule has 0 radical (unpaired) electrons. The molecule has 0 amide bonds. The maximum Gasteiger partial charge on any atom is 0.534 e. The van der Waals surface area contributed by atoms with Gasteiger partial charge in [-0.05, 0) is 57.6 Å². The van der Waals surface area contributed by atoms with Crippen LogP contribution < -0.4 is 8.37 Å². The lowest BCUT2D eigenvalue weighted by Gasteiger charge is -2.39. The van der Waals surface area contributed by atoms with E-state index in [0.29, 0.717) is 12.1 Å². The van der Waals surface area contributed by atoms with Crippen LogP contribution in [-0.4, -0.2) is 99.4 Å². The van der Waals surface area contributed by atoms with Crippen LogP contribution in [0.5, 0.6) is 11.5 Å². The van der Waals surface area contributed by atoms with Gasteiger partial charge >= 0.3 is 103 Å². The predicted molar refractivity (Wildman–Crippen MR) is 196 cm³/mol. The molecule has 4 rings (SSSR count). The van der Waals surface area contributed by atoms with Crippen LogP contribution in [0, 0.1) is 0 Å². The highest BCUT2D eigenvalue weighted by molar-refractivity contribution is 7.88. The molecule has 0 saturated carbocycles. The van der Waals surface area contributed by atoms with Crippen molar-refractivity contribution < 1.29 is 166 Å². The van der Waals surface area contributed by atoms with Crippen molar-refractivity contribution in [3.63, 3.8) is 0 Å². The van der Waals surface area contributed by atoms with E-state index in [2.05, 4.69) is 8.37 Å². The molecule has 0 heterocycles. The Bertz CT molecular complexity index is 2930. The van der Waals surface area contributed by atoms with Crippen LogP contribution in [0.2, 0.25) is 0 Å². The smallest absolute Gasteiger partial charge is 0.375 e. The molecule has 6 nitrogen and oxygen atoms in total. The maximum absolute atomic E-state index is 14.7. The molecule has 4 aromatic carbocycles. The zero-order valence-corrected chi connectivity index (χ0v) is 37.6. The summed E-state index contributed by atoms with van der Waals surface area (Å²) in [5, 5.41) is -4.05. The highest BCUT2D eigenvalue weighted by atomic mass is 32.2. The average Bonchev–Trinajstić information content (AvgIpc) is 3.25.